The van der Waals surface area contributed by atoms with Crippen LogP contribution < -0.4 is 20.9 Å². The van der Waals surface area contributed by atoms with E-state index in [0.29, 0.717) is 17.8 Å². The van der Waals surface area contributed by atoms with Crippen LogP contribution in [0.5, 0.6) is 0 Å². The van der Waals surface area contributed by atoms with E-state index in [1.807, 2.05) is 31.2 Å². The quantitative estimate of drug-likeness (QED) is 0.652. The van der Waals surface area contributed by atoms with Crippen molar-refractivity contribution in [3.8, 4) is 0 Å². The Morgan fingerprint density at radius 3 is 2.07 bits per heavy atom. The van der Waals surface area contributed by atoms with Crippen LogP contribution in [0.15, 0.2) is 48.5 Å². The van der Waals surface area contributed by atoms with Crippen LogP contribution in [0.2, 0.25) is 0 Å². The van der Waals surface area contributed by atoms with Crippen molar-refractivity contribution in [1.82, 2.24) is 0 Å². The molecule has 0 saturated carbocycles. The number of carbonyl (C=O) groups is 3. The lowest BCUT2D eigenvalue weighted by Gasteiger charge is -2.15. The van der Waals surface area contributed by atoms with Gasteiger partial charge >= 0.3 is 0 Å². The monoisotopic (exact) mass is 382 g/mol. The van der Waals surface area contributed by atoms with Crippen LogP contribution >= 0.6 is 0 Å². The Morgan fingerprint density at radius 1 is 0.893 bits per heavy atom. The number of hydrogen-bond acceptors (Lipinski definition) is 4. The third kappa shape index (κ3) is 6.42. The summed E-state index contributed by atoms with van der Waals surface area (Å²) in [5, 5.41) is 8.64. The first-order valence-electron chi connectivity index (χ1n) is 9.17. The molecular weight excluding hydrogens is 356 g/mol. The van der Waals surface area contributed by atoms with Gasteiger partial charge in [0.05, 0.1) is 6.54 Å². The van der Waals surface area contributed by atoms with E-state index in [-0.39, 0.29) is 24.3 Å². The van der Waals surface area contributed by atoms with Gasteiger partial charge in [-0.15, -0.1) is 0 Å². The van der Waals surface area contributed by atoms with Crippen molar-refractivity contribution < 1.29 is 14.4 Å². The molecule has 7 heteroatoms. The van der Waals surface area contributed by atoms with E-state index >= 15 is 0 Å². The molecule has 0 fully saturated rings. The molecule has 7 nitrogen and oxygen atoms in total. The molecule has 0 atom stereocenters. The minimum absolute atomic E-state index is 0.0480. The summed E-state index contributed by atoms with van der Waals surface area (Å²) in [6, 6.07) is 14.3. The van der Waals surface area contributed by atoms with Gasteiger partial charge in [-0.25, -0.2) is 0 Å². The van der Waals surface area contributed by atoms with Gasteiger partial charge in [0, 0.05) is 43.1 Å². The van der Waals surface area contributed by atoms with Crippen molar-refractivity contribution in [2.45, 2.75) is 26.7 Å². The molecule has 3 N–H and O–H groups in total. The second-order valence-electron chi connectivity index (χ2n) is 6.41. The van der Waals surface area contributed by atoms with Gasteiger partial charge in [-0.1, -0.05) is 13.0 Å². The molecule has 0 aliphatic rings. The summed E-state index contributed by atoms with van der Waals surface area (Å²) in [6.45, 7) is 3.54. The van der Waals surface area contributed by atoms with Gasteiger partial charge in [0.15, 0.2) is 0 Å². The van der Waals surface area contributed by atoms with Crippen molar-refractivity contribution in [3.63, 3.8) is 0 Å². The normalized spacial score (nSPS) is 10.1. The van der Waals surface area contributed by atoms with Crippen LogP contribution in [-0.2, 0) is 14.4 Å². The fourth-order valence-corrected chi connectivity index (χ4v) is 2.50. The standard InChI is InChI=1S/C21H26N4O3/c1-4-6-20(27)23-17-7-5-8-18(13-17)24-21(28)14-22-16-9-11-19(12-10-16)25(3)15(2)26/h5,7-13,22H,4,6,14H2,1-3H3,(H,23,27)(H,24,28). The first kappa shape index (κ1) is 21.0. The number of rotatable bonds is 8. The maximum Gasteiger partial charge on any atom is 0.243 e. The lowest BCUT2D eigenvalue weighted by atomic mass is 10.2. The average molecular weight is 382 g/mol. The van der Waals surface area contributed by atoms with Gasteiger partial charge in [-0.05, 0) is 48.9 Å². The smallest absolute Gasteiger partial charge is 0.243 e. The highest BCUT2D eigenvalue weighted by atomic mass is 16.2. The zero-order chi connectivity index (χ0) is 20.5. The number of benzene rings is 2. The van der Waals surface area contributed by atoms with Crippen LogP contribution in [0.25, 0.3) is 0 Å². The third-order valence-corrected chi connectivity index (χ3v) is 4.09. The van der Waals surface area contributed by atoms with E-state index < -0.39 is 0 Å². The van der Waals surface area contributed by atoms with E-state index in [4.69, 9.17) is 0 Å². The fraction of sp³-hybridized carbons (Fsp3) is 0.286. The second kappa shape index (κ2) is 10.1. The van der Waals surface area contributed by atoms with Crippen LogP contribution in [0.1, 0.15) is 26.7 Å². The minimum Gasteiger partial charge on any atom is -0.376 e. The van der Waals surface area contributed by atoms with Gasteiger partial charge in [0.25, 0.3) is 0 Å². The molecule has 3 amide bonds. The zero-order valence-electron chi connectivity index (χ0n) is 16.4. The molecule has 2 aromatic rings. The Morgan fingerprint density at radius 2 is 1.50 bits per heavy atom. The van der Waals surface area contributed by atoms with Crippen LogP contribution in [-0.4, -0.2) is 31.3 Å². The van der Waals surface area contributed by atoms with E-state index in [1.165, 1.54) is 6.92 Å². The summed E-state index contributed by atoms with van der Waals surface area (Å²) in [5.41, 5.74) is 2.81. The predicted octanol–water partition coefficient (Wildman–Crippen LogP) is 3.46. The first-order chi connectivity index (χ1) is 13.4. The SMILES string of the molecule is CCCC(=O)Nc1cccc(NC(=O)CNc2ccc(N(C)C(C)=O)cc2)c1. The summed E-state index contributed by atoms with van der Waals surface area (Å²) >= 11 is 0. The molecule has 2 aromatic carbocycles. The maximum atomic E-state index is 12.2. The molecule has 0 bridgehead atoms. The molecule has 28 heavy (non-hydrogen) atoms. The summed E-state index contributed by atoms with van der Waals surface area (Å²) in [6.07, 6.45) is 1.24. The van der Waals surface area contributed by atoms with E-state index in [2.05, 4.69) is 16.0 Å². The number of hydrogen-bond donors (Lipinski definition) is 3. The van der Waals surface area contributed by atoms with Crippen LogP contribution in [0, 0.1) is 0 Å². The highest BCUT2D eigenvalue weighted by Gasteiger charge is 2.07. The summed E-state index contributed by atoms with van der Waals surface area (Å²) in [4.78, 5) is 36.8. The molecule has 0 spiro atoms. The largest absolute Gasteiger partial charge is 0.376 e. The Kier molecular flexibility index (Phi) is 7.56. The summed E-state index contributed by atoms with van der Waals surface area (Å²) < 4.78 is 0. The highest BCUT2D eigenvalue weighted by molar-refractivity contribution is 5.96. The number of nitrogens with zero attached hydrogens (tertiary/aromatic N) is 1. The Labute approximate surface area is 165 Å². The lowest BCUT2D eigenvalue weighted by Crippen LogP contribution is -2.23. The second-order valence-corrected chi connectivity index (χ2v) is 6.41. The predicted molar refractivity (Wildman–Crippen MR) is 113 cm³/mol. The van der Waals surface area contributed by atoms with Gasteiger partial charge in [-0.2, -0.15) is 0 Å². The van der Waals surface area contributed by atoms with Crippen LogP contribution in [0.4, 0.5) is 22.7 Å². The van der Waals surface area contributed by atoms with E-state index in [9.17, 15) is 14.4 Å². The van der Waals surface area contributed by atoms with Gasteiger partial charge in [0.2, 0.25) is 17.7 Å². The molecule has 0 radical (unpaired) electrons. The fourth-order valence-electron chi connectivity index (χ4n) is 2.50. The van der Waals surface area contributed by atoms with E-state index in [0.717, 1.165) is 17.8 Å². The number of amides is 3. The molecule has 2 rings (SSSR count). The number of nitrogens with one attached hydrogen (secondary N) is 3. The van der Waals surface area contributed by atoms with Gasteiger partial charge in [0.1, 0.15) is 0 Å². The molecule has 0 heterocycles. The van der Waals surface area contributed by atoms with Crippen molar-refractivity contribution in [1.29, 1.82) is 0 Å². The molecule has 0 aromatic heterocycles. The molecule has 148 valence electrons. The van der Waals surface area contributed by atoms with Crippen molar-refractivity contribution in [2.75, 3.05) is 34.4 Å². The zero-order valence-corrected chi connectivity index (χ0v) is 16.4. The minimum atomic E-state index is -0.207. The summed E-state index contributed by atoms with van der Waals surface area (Å²) in [5.74, 6) is -0.304. The van der Waals surface area contributed by atoms with Crippen molar-refractivity contribution in [2.24, 2.45) is 0 Å². The number of carbonyl (C=O) groups excluding carboxylic acids is 3. The molecule has 0 aliphatic heterocycles. The molecule has 0 aliphatic carbocycles. The van der Waals surface area contributed by atoms with Gasteiger partial charge < -0.3 is 20.9 Å². The molecule has 0 unspecified atom stereocenters. The molecular formula is C21H26N4O3. The third-order valence-electron chi connectivity index (χ3n) is 4.09. The van der Waals surface area contributed by atoms with Crippen molar-refractivity contribution in [3.05, 3.63) is 48.5 Å². The Balaban J connectivity index is 1.87. The lowest BCUT2D eigenvalue weighted by molar-refractivity contribution is -0.117. The number of anilines is 4. The summed E-state index contributed by atoms with van der Waals surface area (Å²) in [7, 11) is 1.71. The van der Waals surface area contributed by atoms with Crippen LogP contribution in [0.3, 0.4) is 0 Å². The van der Waals surface area contributed by atoms with Gasteiger partial charge in [-0.3, -0.25) is 14.4 Å². The topological polar surface area (TPSA) is 90.5 Å². The average Bonchev–Trinajstić information content (AvgIpc) is 2.66. The molecule has 0 saturated heterocycles. The van der Waals surface area contributed by atoms with Crippen molar-refractivity contribution >= 4 is 40.5 Å². The maximum absolute atomic E-state index is 12.2. The Hall–Kier alpha value is -3.35. The van der Waals surface area contributed by atoms with E-state index in [1.54, 1.807) is 36.2 Å². The Bertz CT molecular complexity index is 834. The first-order valence-corrected chi connectivity index (χ1v) is 9.17. The highest BCUT2D eigenvalue weighted by Crippen LogP contribution is 2.18.